The third kappa shape index (κ3) is 4.94. The lowest BCUT2D eigenvalue weighted by Gasteiger charge is -2.27. The van der Waals surface area contributed by atoms with Crippen LogP contribution in [0.3, 0.4) is 0 Å². The maximum absolute atomic E-state index is 11.2. The molecule has 0 radical (unpaired) electrons. The molecular formula is C12H19ClN2O2S. The van der Waals surface area contributed by atoms with Gasteiger partial charge in [0.05, 0.1) is 5.75 Å². The fourth-order valence-electron chi connectivity index (χ4n) is 1.72. The molecule has 4 nitrogen and oxygen atoms in total. The minimum Gasteiger partial charge on any atom is -0.329 e. The van der Waals surface area contributed by atoms with Gasteiger partial charge in [0.1, 0.15) is 9.84 Å². The van der Waals surface area contributed by atoms with Crippen LogP contribution in [0.5, 0.6) is 0 Å². The van der Waals surface area contributed by atoms with Crippen molar-refractivity contribution in [1.29, 1.82) is 0 Å². The van der Waals surface area contributed by atoms with Crippen molar-refractivity contribution in [2.45, 2.75) is 6.04 Å². The van der Waals surface area contributed by atoms with Gasteiger partial charge < -0.3 is 5.73 Å². The molecule has 0 aliphatic heterocycles. The monoisotopic (exact) mass is 290 g/mol. The zero-order valence-corrected chi connectivity index (χ0v) is 12.2. The van der Waals surface area contributed by atoms with E-state index in [1.165, 1.54) is 6.26 Å². The van der Waals surface area contributed by atoms with Crippen molar-refractivity contribution >= 4 is 21.4 Å². The Morgan fingerprint density at radius 2 is 1.89 bits per heavy atom. The average Bonchev–Trinajstić information content (AvgIpc) is 2.29. The minimum atomic E-state index is -2.95. The van der Waals surface area contributed by atoms with Crippen LogP contribution in [0.2, 0.25) is 5.02 Å². The SMILES string of the molecule is CN(CCS(C)(=O)=O)C(CN)c1ccc(Cl)cc1. The highest BCUT2D eigenvalue weighted by Gasteiger charge is 2.16. The maximum atomic E-state index is 11.2. The second kappa shape index (κ2) is 6.52. The Balaban J connectivity index is 2.74. The summed E-state index contributed by atoms with van der Waals surface area (Å²) in [7, 11) is -1.08. The molecule has 0 spiro atoms. The molecule has 0 heterocycles. The normalized spacial score (nSPS) is 13.8. The van der Waals surface area contributed by atoms with Crippen molar-refractivity contribution in [1.82, 2.24) is 4.90 Å². The number of hydrogen-bond donors (Lipinski definition) is 1. The van der Waals surface area contributed by atoms with E-state index >= 15 is 0 Å². The smallest absolute Gasteiger partial charge is 0.148 e. The summed E-state index contributed by atoms with van der Waals surface area (Å²) in [5.41, 5.74) is 6.80. The lowest BCUT2D eigenvalue weighted by Crippen LogP contribution is -2.33. The first-order valence-corrected chi connectivity index (χ1v) is 8.11. The van der Waals surface area contributed by atoms with Gasteiger partial charge in [-0.15, -0.1) is 0 Å². The van der Waals surface area contributed by atoms with Gasteiger partial charge in [0.25, 0.3) is 0 Å². The Hall–Kier alpha value is -0.620. The summed E-state index contributed by atoms with van der Waals surface area (Å²) < 4.78 is 22.3. The van der Waals surface area contributed by atoms with E-state index in [4.69, 9.17) is 17.3 Å². The van der Waals surface area contributed by atoms with Gasteiger partial charge in [-0.3, -0.25) is 4.90 Å². The van der Waals surface area contributed by atoms with Crippen LogP contribution in [0.25, 0.3) is 0 Å². The largest absolute Gasteiger partial charge is 0.329 e. The summed E-state index contributed by atoms with van der Waals surface area (Å²) in [5.74, 6) is 0.133. The summed E-state index contributed by atoms with van der Waals surface area (Å²) >= 11 is 5.84. The first-order chi connectivity index (χ1) is 8.33. The van der Waals surface area contributed by atoms with Crippen LogP contribution >= 0.6 is 11.6 Å². The third-order valence-electron chi connectivity index (χ3n) is 2.82. The Bertz CT molecular complexity index is 473. The number of benzene rings is 1. The van der Waals surface area contributed by atoms with Crippen LogP contribution in [0.1, 0.15) is 11.6 Å². The lowest BCUT2D eigenvalue weighted by molar-refractivity contribution is 0.264. The van der Waals surface area contributed by atoms with Gasteiger partial charge in [0, 0.05) is 30.4 Å². The number of nitrogens with zero attached hydrogens (tertiary/aromatic N) is 1. The van der Waals surface area contributed by atoms with Gasteiger partial charge in [-0.1, -0.05) is 23.7 Å². The molecule has 0 saturated heterocycles. The average molecular weight is 291 g/mol. The van der Waals surface area contributed by atoms with Gasteiger partial charge in [-0.2, -0.15) is 0 Å². The van der Waals surface area contributed by atoms with Gasteiger partial charge >= 0.3 is 0 Å². The van der Waals surface area contributed by atoms with Crippen LogP contribution in [0.15, 0.2) is 24.3 Å². The molecule has 1 rings (SSSR count). The quantitative estimate of drug-likeness (QED) is 0.858. The molecule has 1 unspecified atom stereocenters. The Labute approximate surface area is 114 Å². The molecule has 1 aromatic rings. The summed E-state index contributed by atoms with van der Waals surface area (Å²) in [5, 5.41) is 0.674. The number of rotatable bonds is 6. The predicted molar refractivity (Wildman–Crippen MR) is 75.6 cm³/mol. The molecule has 0 fully saturated rings. The fraction of sp³-hybridized carbons (Fsp3) is 0.500. The molecular weight excluding hydrogens is 272 g/mol. The van der Waals surface area contributed by atoms with Crippen LogP contribution in [0, 0.1) is 0 Å². The van der Waals surface area contributed by atoms with Crippen molar-refractivity contribution in [3.8, 4) is 0 Å². The standard InChI is InChI=1S/C12H19ClN2O2S/c1-15(7-8-18(2,16)17)12(9-14)10-3-5-11(13)6-4-10/h3-6,12H,7-9,14H2,1-2H3. The molecule has 1 aromatic carbocycles. The number of sulfone groups is 1. The van der Waals surface area contributed by atoms with Gasteiger partial charge in [0.2, 0.25) is 0 Å². The second-order valence-corrected chi connectivity index (χ2v) is 7.11. The van der Waals surface area contributed by atoms with Crippen LogP contribution in [-0.4, -0.2) is 45.5 Å². The first-order valence-electron chi connectivity index (χ1n) is 5.67. The Kier molecular flexibility index (Phi) is 5.59. The summed E-state index contributed by atoms with van der Waals surface area (Å²) in [6.07, 6.45) is 1.24. The van der Waals surface area contributed by atoms with Crippen molar-refractivity contribution in [3.63, 3.8) is 0 Å². The lowest BCUT2D eigenvalue weighted by atomic mass is 10.1. The van der Waals surface area contributed by atoms with Crippen molar-refractivity contribution in [2.24, 2.45) is 5.73 Å². The van der Waals surface area contributed by atoms with Gasteiger partial charge in [0.15, 0.2) is 0 Å². The highest BCUT2D eigenvalue weighted by atomic mass is 35.5. The van der Waals surface area contributed by atoms with E-state index in [1.54, 1.807) is 0 Å². The van der Waals surface area contributed by atoms with E-state index in [0.29, 0.717) is 18.1 Å². The number of halogens is 1. The zero-order valence-electron chi connectivity index (χ0n) is 10.6. The third-order valence-corrected chi connectivity index (χ3v) is 4.00. The molecule has 0 aromatic heterocycles. The van der Waals surface area contributed by atoms with E-state index in [0.717, 1.165) is 5.56 Å². The number of hydrogen-bond acceptors (Lipinski definition) is 4. The molecule has 0 aliphatic rings. The van der Waals surface area contributed by atoms with Gasteiger partial charge in [-0.25, -0.2) is 8.42 Å². The number of likely N-dealkylation sites (N-methyl/N-ethyl adjacent to an activating group) is 1. The van der Waals surface area contributed by atoms with Crippen molar-refractivity contribution < 1.29 is 8.42 Å². The fourth-order valence-corrected chi connectivity index (χ4v) is 2.47. The highest BCUT2D eigenvalue weighted by Crippen LogP contribution is 2.20. The topological polar surface area (TPSA) is 63.4 Å². The molecule has 6 heteroatoms. The van der Waals surface area contributed by atoms with E-state index in [-0.39, 0.29) is 11.8 Å². The second-order valence-electron chi connectivity index (χ2n) is 4.41. The van der Waals surface area contributed by atoms with E-state index in [9.17, 15) is 8.42 Å². The molecule has 0 saturated carbocycles. The summed E-state index contributed by atoms with van der Waals surface area (Å²) in [4.78, 5) is 1.95. The Morgan fingerprint density at radius 1 is 1.33 bits per heavy atom. The number of nitrogens with two attached hydrogens (primary N) is 1. The predicted octanol–water partition coefficient (Wildman–Crippen LogP) is 1.32. The van der Waals surface area contributed by atoms with Crippen LogP contribution in [0.4, 0.5) is 0 Å². The molecule has 0 bridgehead atoms. The molecule has 0 amide bonds. The molecule has 0 aliphatic carbocycles. The van der Waals surface area contributed by atoms with E-state index in [2.05, 4.69) is 0 Å². The van der Waals surface area contributed by atoms with Crippen molar-refractivity contribution in [3.05, 3.63) is 34.9 Å². The summed E-state index contributed by atoms with van der Waals surface area (Å²) in [6.45, 7) is 0.894. The highest BCUT2D eigenvalue weighted by molar-refractivity contribution is 7.90. The molecule has 1 atom stereocenters. The maximum Gasteiger partial charge on any atom is 0.148 e. The minimum absolute atomic E-state index is 0.00372. The Morgan fingerprint density at radius 3 is 2.33 bits per heavy atom. The molecule has 102 valence electrons. The van der Waals surface area contributed by atoms with Gasteiger partial charge in [-0.05, 0) is 24.7 Å². The van der Waals surface area contributed by atoms with E-state index in [1.807, 2.05) is 36.2 Å². The van der Waals surface area contributed by atoms with Crippen molar-refractivity contribution in [2.75, 3.05) is 32.1 Å². The van der Waals surface area contributed by atoms with Crippen LogP contribution < -0.4 is 5.73 Å². The first kappa shape index (κ1) is 15.4. The molecule has 2 N–H and O–H groups in total. The molecule has 18 heavy (non-hydrogen) atoms. The van der Waals surface area contributed by atoms with Crippen LogP contribution in [-0.2, 0) is 9.84 Å². The van der Waals surface area contributed by atoms with E-state index < -0.39 is 9.84 Å². The summed E-state index contributed by atoms with van der Waals surface area (Å²) in [6, 6.07) is 7.45. The zero-order chi connectivity index (χ0) is 13.8.